The minimum absolute atomic E-state index is 0.369. The summed E-state index contributed by atoms with van der Waals surface area (Å²) >= 11 is 0. The number of hydrogen-bond donors (Lipinski definition) is 0. The van der Waals surface area contributed by atoms with Crippen molar-refractivity contribution in [2.45, 2.75) is 0 Å². The van der Waals surface area contributed by atoms with E-state index in [4.69, 9.17) is 23.4 Å². The zero-order valence-corrected chi connectivity index (χ0v) is 14.8. The molecule has 0 atom stereocenters. The van der Waals surface area contributed by atoms with Crippen LogP contribution in [0.5, 0.6) is 11.5 Å². The molecule has 4 rings (SSSR count). The van der Waals surface area contributed by atoms with Gasteiger partial charge >= 0.3 is 5.63 Å². The summed E-state index contributed by atoms with van der Waals surface area (Å²) in [6.07, 6.45) is 0. The molecule has 27 heavy (non-hydrogen) atoms. The van der Waals surface area contributed by atoms with Crippen molar-refractivity contribution in [3.63, 3.8) is 0 Å². The molecule has 0 spiro atoms. The number of benzene rings is 2. The molecule has 6 nitrogen and oxygen atoms in total. The molecule has 3 aromatic rings. The van der Waals surface area contributed by atoms with Gasteiger partial charge in [0.2, 0.25) is 0 Å². The Morgan fingerprint density at radius 3 is 2.04 bits per heavy atom. The SMILES string of the molecule is O=c1oc2cc3c(cc2cc1-c1ccccc1)OCCOCCOCCO3. The molecule has 6 heteroatoms. The molecule has 0 aliphatic carbocycles. The van der Waals surface area contributed by atoms with E-state index in [-0.39, 0.29) is 5.63 Å². The van der Waals surface area contributed by atoms with Gasteiger partial charge in [-0.2, -0.15) is 0 Å². The van der Waals surface area contributed by atoms with Gasteiger partial charge in [-0.25, -0.2) is 4.79 Å². The smallest absolute Gasteiger partial charge is 0.344 e. The quantitative estimate of drug-likeness (QED) is 0.614. The number of rotatable bonds is 1. The van der Waals surface area contributed by atoms with Crippen LogP contribution in [0.15, 0.2) is 57.7 Å². The fourth-order valence-electron chi connectivity index (χ4n) is 2.92. The monoisotopic (exact) mass is 368 g/mol. The van der Waals surface area contributed by atoms with Crippen molar-refractivity contribution in [3.8, 4) is 22.6 Å². The summed E-state index contributed by atoms with van der Waals surface area (Å²) in [4.78, 5) is 12.4. The Kier molecular flexibility index (Phi) is 5.37. The minimum atomic E-state index is -0.389. The molecule has 0 unspecified atom stereocenters. The highest BCUT2D eigenvalue weighted by molar-refractivity contribution is 5.84. The molecule has 140 valence electrons. The normalized spacial score (nSPS) is 15.7. The molecule has 0 saturated carbocycles. The molecular weight excluding hydrogens is 348 g/mol. The Balaban J connectivity index is 1.74. The Labute approximate surface area is 156 Å². The van der Waals surface area contributed by atoms with Gasteiger partial charge in [-0.3, -0.25) is 0 Å². The zero-order chi connectivity index (χ0) is 18.5. The summed E-state index contributed by atoms with van der Waals surface area (Å²) in [6.45, 7) is 2.71. The van der Waals surface area contributed by atoms with Gasteiger partial charge in [0.05, 0.1) is 32.0 Å². The van der Waals surface area contributed by atoms with Crippen molar-refractivity contribution in [1.29, 1.82) is 0 Å². The first-order chi connectivity index (χ1) is 13.3. The van der Waals surface area contributed by atoms with Gasteiger partial charge in [-0.15, -0.1) is 0 Å². The van der Waals surface area contributed by atoms with Crippen molar-refractivity contribution < 1.29 is 23.4 Å². The molecule has 0 fully saturated rings. The third kappa shape index (κ3) is 4.13. The average molecular weight is 368 g/mol. The lowest BCUT2D eigenvalue weighted by atomic mass is 10.1. The lowest BCUT2D eigenvalue weighted by Crippen LogP contribution is -2.15. The third-order valence-corrected chi connectivity index (χ3v) is 4.23. The van der Waals surface area contributed by atoms with Crippen LogP contribution in [0, 0.1) is 0 Å². The molecule has 2 heterocycles. The van der Waals surface area contributed by atoms with Gasteiger partial charge in [0.15, 0.2) is 11.5 Å². The van der Waals surface area contributed by atoms with E-state index in [1.165, 1.54) is 0 Å². The second-order valence-electron chi connectivity index (χ2n) is 6.07. The van der Waals surface area contributed by atoms with Crippen LogP contribution in [0.2, 0.25) is 0 Å². The van der Waals surface area contributed by atoms with Crippen molar-refractivity contribution in [3.05, 3.63) is 59.0 Å². The van der Waals surface area contributed by atoms with Gasteiger partial charge in [-0.05, 0) is 17.7 Å². The van der Waals surface area contributed by atoms with Crippen LogP contribution in [0.1, 0.15) is 0 Å². The van der Waals surface area contributed by atoms with E-state index in [0.29, 0.717) is 62.3 Å². The summed E-state index contributed by atoms with van der Waals surface area (Å²) in [7, 11) is 0. The lowest BCUT2D eigenvalue weighted by Gasteiger charge is -2.15. The first-order valence-electron chi connectivity index (χ1n) is 8.90. The molecule has 1 aliphatic heterocycles. The molecule has 0 saturated heterocycles. The van der Waals surface area contributed by atoms with E-state index in [2.05, 4.69) is 0 Å². The number of ether oxygens (including phenoxy) is 4. The van der Waals surface area contributed by atoms with Gasteiger partial charge in [0.25, 0.3) is 0 Å². The van der Waals surface area contributed by atoms with E-state index in [9.17, 15) is 4.79 Å². The van der Waals surface area contributed by atoms with Crippen molar-refractivity contribution in [2.75, 3.05) is 39.6 Å². The summed E-state index contributed by atoms with van der Waals surface area (Å²) in [5, 5.41) is 0.764. The Morgan fingerprint density at radius 2 is 1.33 bits per heavy atom. The Hall–Kier alpha value is -2.83. The highest BCUT2D eigenvalue weighted by atomic mass is 16.6. The second-order valence-corrected chi connectivity index (χ2v) is 6.07. The van der Waals surface area contributed by atoms with E-state index in [1.807, 2.05) is 42.5 Å². The van der Waals surface area contributed by atoms with Crippen molar-refractivity contribution >= 4 is 11.0 Å². The molecule has 2 aromatic carbocycles. The molecule has 0 bridgehead atoms. The van der Waals surface area contributed by atoms with Crippen LogP contribution in [-0.2, 0) is 9.47 Å². The first kappa shape index (κ1) is 17.6. The average Bonchev–Trinajstić information content (AvgIpc) is 2.68. The predicted molar refractivity (Wildman–Crippen MR) is 101 cm³/mol. The van der Waals surface area contributed by atoms with Gasteiger partial charge in [-0.1, -0.05) is 30.3 Å². The topological polar surface area (TPSA) is 67.1 Å². The number of hydrogen-bond acceptors (Lipinski definition) is 6. The second kappa shape index (κ2) is 8.24. The predicted octanol–water partition coefficient (Wildman–Crippen LogP) is 3.26. The molecular formula is C21H20O6. The van der Waals surface area contributed by atoms with Crippen LogP contribution >= 0.6 is 0 Å². The lowest BCUT2D eigenvalue weighted by molar-refractivity contribution is 0.0224. The Morgan fingerprint density at radius 1 is 0.704 bits per heavy atom. The highest BCUT2D eigenvalue weighted by Gasteiger charge is 2.14. The molecule has 0 N–H and O–H groups in total. The molecule has 1 aliphatic rings. The third-order valence-electron chi connectivity index (χ3n) is 4.23. The summed E-state index contributed by atoms with van der Waals surface area (Å²) in [5.74, 6) is 1.10. The summed E-state index contributed by atoms with van der Waals surface area (Å²) in [6, 6.07) is 14.8. The fourth-order valence-corrected chi connectivity index (χ4v) is 2.92. The fraction of sp³-hybridized carbons (Fsp3) is 0.286. The number of fused-ring (bicyclic) bond motifs is 2. The molecule has 0 amide bonds. The summed E-state index contributed by atoms with van der Waals surface area (Å²) in [5.41, 5.74) is 1.38. The van der Waals surface area contributed by atoms with E-state index in [1.54, 1.807) is 6.07 Å². The van der Waals surface area contributed by atoms with Crippen LogP contribution in [0.3, 0.4) is 0 Å². The van der Waals surface area contributed by atoms with E-state index >= 15 is 0 Å². The highest BCUT2D eigenvalue weighted by Crippen LogP contribution is 2.33. The Bertz CT molecular complexity index is 964. The van der Waals surface area contributed by atoms with Gasteiger partial charge < -0.3 is 23.4 Å². The zero-order valence-electron chi connectivity index (χ0n) is 14.8. The maximum Gasteiger partial charge on any atom is 0.344 e. The van der Waals surface area contributed by atoms with Crippen LogP contribution in [0.25, 0.3) is 22.1 Å². The van der Waals surface area contributed by atoms with Gasteiger partial charge in [0, 0.05) is 11.5 Å². The largest absolute Gasteiger partial charge is 0.487 e. The summed E-state index contributed by atoms with van der Waals surface area (Å²) < 4.78 is 28.0. The minimum Gasteiger partial charge on any atom is -0.487 e. The van der Waals surface area contributed by atoms with E-state index < -0.39 is 0 Å². The maximum atomic E-state index is 12.4. The van der Waals surface area contributed by atoms with Crippen molar-refractivity contribution in [1.82, 2.24) is 0 Å². The molecule has 0 radical (unpaired) electrons. The van der Waals surface area contributed by atoms with Crippen LogP contribution in [-0.4, -0.2) is 39.6 Å². The standard InChI is InChI=1S/C21H20O6/c22-21-17(15-4-2-1-3-5-15)12-16-13-19-20(14-18(16)27-21)26-11-9-24-7-6-23-8-10-25-19/h1-5,12-14H,6-11H2. The van der Waals surface area contributed by atoms with Crippen molar-refractivity contribution in [2.24, 2.45) is 0 Å². The maximum absolute atomic E-state index is 12.4. The van der Waals surface area contributed by atoms with E-state index in [0.717, 1.165) is 10.9 Å². The van der Waals surface area contributed by atoms with Gasteiger partial charge in [0.1, 0.15) is 18.8 Å². The van der Waals surface area contributed by atoms with Crippen LogP contribution in [0.4, 0.5) is 0 Å². The molecule has 1 aromatic heterocycles. The van der Waals surface area contributed by atoms with Crippen LogP contribution < -0.4 is 15.1 Å². The first-order valence-corrected chi connectivity index (χ1v) is 8.90.